The van der Waals surface area contributed by atoms with Gasteiger partial charge in [-0.25, -0.2) is 9.97 Å². The summed E-state index contributed by atoms with van der Waals surface area (Å²) in [5, 5.41) is 0. The zero-order valence-corrected chi connectivity index (χ0v) is 10.2. The second-order valence-corrected chi connectivity index (χ2v) is 4.58. The molecule has 2 aliphatic heterocycles. The molecule has 4 rings (SSSR count). The largest absolute Gasteiger partial charge is 0.355 e. The monoisotopic (exact) mass is 245 g/mol. The van der Waals surface area contributed by atoms with Crippen molar-refractivity contribution in [3.63, 3.8) is 0 Å². The first kappa shape index (κ1) is 10.3. The zero-order chi connectivity index (χ0) is 12.7. The fourth-order valence-corrected chi connectivity index (χ4v) is 2.22. The maximum atomic E-state index is 4.53. The SMILES string of the molecule is C1=Cc2cc3ccc(cc4nc(ccc1n2)C=C4)[nH]3. The van der Waals surface area contributed by atoms with Gasteiger partial charge < -0.3 is 4.98 Å². The molecule has 0 radical (unpaired) electrons. The number of nitrogens with zero attached hydrogens (tertiary/aromatic N) is 2. The van der Waals surface area contributed by atoms with E-state index in [2.05, 4.69) is 15.0 Å². The van der Waals surface area contributed by atoms with E-state index >= 15 is 0 Å². The van der Waals surface area contributed by atoms with Crippen LogP contribution in [0.25, 0.3) is 35.3 Å². The maximum absolute atomic E-state index is 4.53. The molecule has 0 saturated carbocycles. The number of fused-ring (bicyclic) bond motifs is 6. The number of rotatable bonds is 0. The van der Waals surface area contributed by atoms with Gasteiger partial charge in [0.25, 0.3) is 0 Å². The van der Waals surface area contributed by atoms with Crippen LogP contribution in [0.15, 0.2) is 36.4 Å². The first-order chi connectivity index (χ1) is 9.35. The van der Waals surface area contributed by atoms with Crippen molar-refractivity contribution in [1.82, 2.24) is 15.0 Å². The topological polar surface area (TPSA) is 41.6 Å². The van der Waals surface area contributed by atoms with Crippen molar-refractivity contribution in [2.45, 2.75) is 0 Å². The lowest BCUT2D eigenvalue weighted by atomic mass is 10.3. The Morgan fingerprint density at radius 2 is 1.05 bits per heavy atom. The Labute approximate surface area is 110 Å². The lowest BCUT2D eigenvalue weighted by molar-refractivity contribution is 1.30. The minimum Gasteiger partial charge on any atom is -0.355 e. The molecule has 2 aromatic rings. The second kappa shape index (κ2) is 3.92. The van der Waals surface area contributed by atoms with E-state index in [-0.39, 0.29) is 0 Å². The summed E-state index contributed by atoms with van der Waals surface area (Å²) in [5.74, 6) is 0. The van der Waals surface area contributed by atoms with Crippen LogP contribution in [0.2, 0.25) is 0 Å². The Morgan fingerprint density at radius 3 is 1.58 bits per heavy atom. The zero-order valence-electron chi connectivity index (χ0n) is 10.2. The van der Waals surface area contributed by atoms with Gasteiger partial charge in [-0.2, -0.15) is 0 Å². The number of aromatic amines is 1. The molecule has 2 aliphatic rings. The molecule has 0 atom stereocenters. The molecular weight excluding hydrogens is 234 g/mol. The molecule has 3 nitrogen and oxygen atoms in total. The van der Waals surface area contributed by atoms with Crippen LogP contribution >= 0.6 is 0 Å². The van der Waals surface area contributed by atoms with Crippen LogP contribution < -0.4 is 0 Å². The number of hydrogen-bond acceptors (Lipinski definition) is 2. The van der Waals surface area contributed by atoms with E-state index in [0.717, 1.165) is 33.8 Å². The van der Waals surface area contributed by atoms with Crippen LogP contribution in [0.1, 0.15) is 22.8 Å². The molecule has 6 bridgehead atoms. The molecule has 0 spiro atoms. The summed E-state index contributed by atoms with van der Waals surface area (Å²) in [6, 6.07) is 12.1. The third-order valence-electron chi connectivity index (χ3n) is 3.13. The van der Waals surface area contributed by atoms with Gasteiger partial charge in [-0.3, -0.25) is 0 Å². The van der Waals surface area contributed by atoms with Gasteiger partial charge in [-0.1, -0.05) is 0 Å². The maximum Gasteiger partial charge on any atom is 0.0658 e. The Balaban J connectivity index is 2.10. The molecule has 0 fully saturated rings. The van der Waals surface area contributed by atoms with E-state index in [4.69, 9.17) is 0 Å². The number of hydrogen-bond donors (Lipinski definition) is 1. The van der Waals surface area contributed by atoms with E-state index in [9.17, 15) is 0 Å². The van der Waals surface area contributed by atoms with Crippen molar-refractivity contribution in [3.8, 4) is 0 Å². The lowest BCUT2D eigenvalue weighted by Gasteiger charge is -1.83. The number of H-pyrrole nitrogens is 1. The van der Waals surface area contributed by atoms with Crippen molar-refractivity contribution < 1.29 is 0 Å². The van der Waals surface area contributed by atoms with E-state index in [0.29, 0.717) is 0 Å². The number of aromatic nitrogens is 3. The molecule has 0 aromatic carbocycles. The second-order valence-electron chi connectivity index (χ2n) is 4.58. The highest BCUT2D eigenvalue weighted by Crippen LogP contribution is 2.15. The molecule has 3 heteroatoms. The minimum atomic E-state index is 0.950. The van der Waals surface area contributed by atoms with Crippen LogP contribution in [0.3, 0.4) is 0 Å². The van der Waals surface area contributed by atoms with E-state index in [1.165, 1.54) is 0 Å². The molecule has 0 amide bonds. The Bertz CT molecular complexity index is 757. The molecular formula is C16H11N3. The Morgan fingerprint density at radius 1 is 0.579 bits per heavy atom. The average Bonchev–Trinajstić information content (AvgIpc) is 3.10. The third kappa shape index (κ3) is 1.95. The van der Waals surface area contributed by atoms with Crippen molar-refractivity contribution in [2.75, 3.05) is 0 Å². The predicted molar refractivity (Wildman–Crippen MR) is 78.2 cm³/mol. The van der Waals surface area contributed by atoms with Crippen LogP contribution in [0, 0.1) is 0 Å². The van der Waals surface area contributed by atoms with Gasteiger partial charge in [0.05, 0.1) is 22.8 Å². The molecule has 0 aliphatic carbocycles. The first-order valence-electron chi connectivity index (χ1n) is 6.19. The van der Waals surface area contributed by atoms with Gasteiger partial charge >= 0.3 is 0 Å². The van der Waals surface area contributed by atoms with Crippen LogP contribution in [-0.2, 0) is 0 Å². The first-order valence-corrected chi connectivity index (χ1v) is 6.19. The molecule has 19 heavy (non-hydrogen) atoms. The minimum absolute atomic E-state index is 0.950. The van der Waals surface area contributed by atoms with Crippen molar-refractivity contribution in [1.29, 1.82) is 0 Å². The van der Waals surface area contributed by atoms with Crippen LogP contribution in [0.5, 0.6) is 0 Å². The molecule has 4 heterocycles. The fourth-order valence-electron chi connectivity index (χ4n) is 2.22. The summed E-state index contributed by atoms with van der Waals surface area (Å²) < 4.78 is 0. The summed E-state index contributed by atoms with van der Waals surface area (Å²) in [6.45, 7) is 0. The number of nitrogens with one attached hydrogen (secondary N) is 1. The molecule has 0 unspecified atom stereocenters. The smallest absolute Gasteiger partial charge is 0.0658 e. The third-order valence-corrected chi connectivity index (χ3v) is 3.13. The van der Waals surface area contributed by atoms with Crippen molar-refractivity contribution in [2.24, 2.45) is 0 Å². The normalized spacial score (nSPS) is 12.8. The Kier molecular flexibility index (Phi) is 2.12. The van der Waals surface area contributed by atoms with E-state index < -0.39 is 0 Å². The highest BCUT2D eigenvalue weighted by atomic mass is 14.7. The van der Waals surface area contributed by atoms with Gasteiger partial charge in [0.1, 0.15) is 0 Å². The van der Waals surface area contributed by atoms with Gasteiger partial charge in [-0.05, 0) is 60.7 Å². The lowest BCUT2D eigenvalue weighted by Crippen LogP contribution is -1.73. The summed E-state index contributed by atoms with van der Waals surface area (Å²) in [7, 11) is 0. The van der Waals surface area contributed by atoms with Crippen molar-refractivity contribution >= 4 is 35.3 Å². The van der Waals surface area contributed by atoms with Crippen LogP contribution in [-0.4, -0.2) is 15.0 Å². The van der Waals surface area contributed by atoms with Crippen molar-refractivity contribution in [3.05, 3.63) is 59.2 Å². The molecule has 90 valence electrons. The molecule has 2 aromatic heterocycles. The van der Waals surface area contributed by atoms with Gasteiger partial charge in [0.2, 0.25) is 0 Å². The molecule has 0 saturated heterocycles. The fraction of sp³-hybridized carbons (Fsp3) is 0. The highest BCUT2D eigenvalue weighted by molar-refractivity contribution is 5.75. The van der Waals surface area contributed by atoms with E-state index in [1.807, 2.05) is 60.7 Å². The average molecular weight is 245 g/mol. The van der Waals surface area contributed by atoms with E-state index in [1.54, 1.807) is 0 Å². The summed E-state index contributed by atoms with van der Waals surface area (Å²) in [5.41, 5.74) is 5.92. The quantitative estimate of drug-likeness (QED) is 0.514. The standard InChI is InChI=1S/C16H11N3/c1-2-12-4-6-14(18-12)10-16-8-7-15(19-16)9-13-5-3-11(1)17-13/h1-10,19H. The van der Waals surface area contributed by atoms with Gasteiger partial charge in [0, 0.05) is 11.0 Å². The summed E-state index contributed by atoms with van der Waals surface area (Å²) in [4.78, 5) is 12.4. The van der Waals surface area contributed by atoms with Gasteiger partial charge in [0.15, 0.2) is 0 Å². The Hall–Kier alpha value is -2.68. The summed E-state index contributed by atoms with van der Waals surface area (Å²) >= 11 is 0. The van der Waals surface area contributed by atoms with Crippen LogP contribution in [0.4, 0.5) is 0 Å². The van der Waals surface area contributed by atoms with Gasteiger partial charge in [-0.15, -0.1) is 0 Å². The summed E-state index contributed by atoms with van der Waals surface area (Å²) in [6.07, 6.45) is 8.04. The molecule has 1 N–H and O–H groups in total. The predicted octanol–water partition coefficient (Wildman–Crippen LogP) is 3.61. The highest BCUT2D eigenvalue weighted by Gasteiger charge is 2.00.